The lowest BCUT2D eigenvalue weighted by molar-refractivity contribution is 0.608. The molecule has 0 saturated carbocycles. The Morgan fingerprint density at radius 2 is 1.52 bits per heavy atom. The minimum atomic E-state index is -0.395. The molecule has 1 aliphatic carbocycles. The Balaban J connectivity index is 2.91. The first-order chi connectivity index (χ1) is 10.6. The Hall–Kier alpha value is -1.82. The van der Waals surface area contributed by atoms with E-state index in [4.69, 9.17) is 0 Å². The van der Waals surface area contributed by atoms with Gasteiger partial charge in [0.05, 0.1) is 0 Å². The zero-order valence-electron chi connectivity index (χ0n) is 15.4. The van der Waals surface area contributed by atoms with Crippen LogP contribution < -0.4 is 0 Å². The van der Waals surface area contributed by atoms with Gasteiger partial charge in [0.15, 0.2) is 0 Å². The van der Waals surface area contributed by atoms with E-state index in [1.54, 1.807) is 0 Å². The fourth-order valence-electron chi connectivity index (χ4n) is 3.83. The highest BCUT2D eigenvalue weighted by Crippen LogP contribution is 2.52. The van der Waals surface area contributed by atoms with E-state index in [2.05, 4.69) is 67.9 Å². The molecule has 0 nitrogen and oxygen atoms in total. The second-order valence-corrected chi connectivity index (χ2v) is 7.03. The predicted molar refractivity (Wildman–Crippen MR) is 104 cm³/mol. The molecule has 0 aliphatic heterocycles. The Labute approximate surface area is 142 Å². The van der Waals surface area contributed by atoms with Crippen molar-refractivity contribution in [2.75, 3.05) is 0 Å². The number of fused-ring (bicyclic) bond motifs is 1. The van der Waals surface area contributed by atoms with Gasteiger partial charge in [-0.05, 0) is 79.5 Å². The van der Waals surface area contributed by atoms with Crippen LogP contribution in [-0.2, 0) is 5.41 Å². The van der Waals surface area contributed by atoms with Crippen LogP contribution in [-0.4, -0.2) is 0 Å². The van der Waals surface area contributed by atoms with Crippen molar-refractivity contribution in [1.82, 2.24) is 0 Å². The molecule has 0 heteroatoms. The van der Waals surface area contributed by atoms with Gasteiger partial charge in [0.2, 0.25) is 0 Å². The van der Waals surface area contributed by atoms with Gasteiger partial charge in [0.1, 0.15) is 0 Å². The quantitative estimate of drug-likeness (QED) is 0.442. The molecule has 0 saturated heterocycles. The molecule has 0 aromatic heterocycles. The van der Waals surface area contributed by atoms with Crippen molar-refractivity contribution in [1.29, 1.82) is 0 Å². The van der Waals surface area contributed by atoms with E-state index in [-0.39, 0.29) is 0 Å². The molecular weight excluding hydrogens is 276 g/mol. The van der Waals surface area contributed by atoms with Crippen molar-refractivity contribution in [3.63, 3.8) is 0 Å². The van der Waals surface area contributed by atoms with Crippen LogP contribution in [0.25, 0.3) is 5.57 Å². The first kappa shape index (κ1) is 17.5. The molecule has 0 fully saturated rings. The highest BCUT2D eigenvalue weighted by Gasteiger charge is 2.35. The maximum absolute atomic E-state index is 4.63. The molecule has 1 aliphatic rings. The van der Waals surface area contributed by atoms with Gasteiger partial charge in [-0.15, -0.1) is 5.41 Å². The van der Waals surface area contributed by atoms with Crippen molar-refractivity contribution < 1.29 is 0 Å². The van der Waals surface area contributed by atoms with Crippen molar-refractivity contribution in [2.24, 2.45) is 0 Å². The van der Waals surface area contributed by atoms with Crippen LogP contribution in [0.3, 0.4) is 0 Å². The highest BCUT2D eigenvalue weighted by molar-refractivity contribution is 5.87. The summed E-state index contributed by atoms with van der Waals surface area (Å²) in [5, 5.41) is 0. The summed E-state index contributed by atoms with van der Waals surface area (Å²) in [5.74, 6) is 0. The summed E-state index contributed by atoms with van der Waals surface area (Å²) in [7, 11) is 0. The van der Waals surface area contributed by atoms with Gasteiger partial charge in [-0.2, -0.15) is 0 Å². The standard InChI is InChI=1S/C23H29/c1-11-13(2)20(9)23(10)12-14(3)15(4)21-18(7)16(5)17(6)19(8)22(21)23/h2-4,9-12H2,1,5-8H3/q-1. The summed E-state index contributed by atoms with van der Waals surface area (Å²) in [5.41, 5.74) is 11.6. The van der Waals surface area contributed by atoms with E-state index in [1.165, 1.54) is 33.4 Å². The van der Waals surface area contributed by atoms with Crippen molar-refractivity contribution >= 4 is 5.57 Å². The molecular formula is C23H29-. The van der Waals surface area contributed by atoms with E-state index in [0.717, 1.165) is 35.1 Å². The normalized spacial score (nSPS) is 20.4. The molecule has 0 heterocycles. The molecule has 0 radical (unpaired) electrons. The van der Waals surface area contributed by atoms with Crippen LogP contribution in [0.4, 0.5) is 0 Å². The first-order valence-electron chi connectivity index (χ1n) is 8.29. The summed E-state index contributed by atoms with van der Waals surface area (Å²) < 4.78 is 0. The summed E-state index contributed by atoms with van der Waals surface area (Å²) in [6.45, 7) is 32.7. The van der Waals surface area contributed by atoms with Gasteiger partial charge in [-0.3, -0.25) is 0 Å². The van der Waals surface area contributed by atoms with E-state index >= 15 is 0 Å². The average Bonchev–Trinajstić information content (AvgIpc) is 2.52. The molecule has 1 aromatic carbocycles. The van der Waals surface area contributed by atoms with Gasteiger partial charge in [0, 0.05) is 0 Å². The SMILES string of the molecule is C=C1CC([CH2-])(C(=C)C(=C)CC)c2c(C)c(C)c(C)c(C)c2C1=C. The molecule has 0 bridgehead atoms. The topological polar surface area (TPSA) is 0 Å². The fraction of sp³-hybridized carbons (Fsp3) is 0.348. The van der Waals surface area contributed by atoms with E-state index in [9.17, 15) is 0 Å². The van der Waals surface area contributed by atoms with Crippen LogP contribution >= 0.6 is 0 Å². The Kier molecular flexibility index (Phi) is 4.32. The van der Waals surface area contributed by atoms with Gasteiger partial charge in [-0.1, -0.05) is 49.9 Å². The minimum absolute atomic E-state index is 0.395. The van der Waals surface area contributed by atoms with E-state index in [0.29, 0.717) is 0 Å². The fourth-order valence-corrected chi connectivity index (χ4v) is 3.83. The van der Waals surface area contributed by atoms with Crippen molar-refractivity contribution in [3.8, 4) is 0 Å². The Morgan fingerprint density at radius 3 is 2.04 bits per heavy atom. The van der Waals surface area contributed by atoms with Gasteiger partial charge < -0.3 is 6.92 Å². The van der Waals surface area contributed by atoms with Crippen LogP contribution in [0, 0.1) is 34.6 Å². The average molecular weight is 305 g/mol. The lowest BCUT2D eigenvalue weighted by Crippen LogP contribution is -2.33. The molecule has 23 heavy (non-hydrogen) atoms. The first-order valence-corrected chi connectivity index (χ1v) is 8.29. The molecule has 0 amide bonds. The number of hydrogen-bond donors (Lipinski definition) is 0. The van der Waals surface area contributed by atoms with Gasteiger partial charge in [-0.25, -0.2) is 0 Å². The van der Waals surface area contributed by atoms with Gasteiger partial charge in [0.25, 0.3) is 0 Å². The van der Waals surface area contributed by atoms with Gasteiger partial charge >= 0.3 is 0 Å². The largest absolute Gasteiger partial charge is 0.328 e. The Bertz CT molecular complexity index is 755. The van der Waals surface area contributed by atoms with Crippen LogP contribution in [0.2, 0.25) is 0 Å². The third-order valence-corrected chi connectivity index (χ3v) is 5.84. The van der Waals surface area contributed by atoms with Crippen LogP contribution in [0.1, 0.15) is 53.1 Å². The molecule has 2 rings (SSSR count). The van der Waals surface area contributed by atoms with E-state index in [1.807, 2.05) is 0 Å². The second kappa shape index (κ2) is 5.67. The van der Waals surface area contributed by atoms with E-state index < -0.39 is 5.41 Å². The second-order valence-electron chi connectivity index (χ2n) is 7.03. The lowest BCUT2D eigenvalue weighted by atomic mass is 9.60. The number of hydrogen-bond acceptors (Lipinski definition) is 0. The summed E-state index contributed by atoms with van der Waals surface area (Å²) >= 11 is 0. The monoisotopic (exact) mass is 305 g/mol. The minimum Gasteiger partial charge on any atom is -0.328 e. The number of benzene rings is 1. The Morgan fingerprint density at radius 1 is 1.00 bits per heavy atom. The number of allylic oxidation sites excluding steroid dienone is 4. The lowest BCUT2D eigenvalue weighted by Gasteiger charge is -2.48. The van der Waals surface area contributed by atoms with Crippen molar-refractivity contribution in [2.45, 2.75) is 52.9 Å². The molecule has 1 unspecified atom stereocenters. The zero-order valence-corrected chi connectivity index (χ0v) is 15.4. The third kappa shape index (κ3) is 2.36. The highest BCUT2D eigenvalue weighted by atomic mass is 14.4. The van der Waals surface area contributed by atoms with Crippen molar-refractivity contribution in [3.05, 3.63) is 83.3 Å². The molecule has 1 atom stereocenters. The zero-order chi connectivity index (χ0) is 17.7. The molecule has 0 N–H and O–H groups in total. The summed E-state index contributed by atoms with van der Waals surface area (Å²) in [4.78, 5) is 0. The smallest absolute Gasteiger partial charge is 0.0138 e. The summed E-state index contributed by atoms with van der Waals surface area (Å²) in [6.07, 6.45) is 1.65. The molecule has 122 valence electrons. The maximum atomic E-state index is 4.63. The summed E-state index contributed by atoms with van der Waals surface area (Å²) in [6, 6.07) is 0. The van der Waals surface area contributed by atoms with Crippen LogP contribution in [0.5, 0.6) is 0 Å². The van der Waals surface area contributed by atoms with Crippen LogP contribution in [0.15, 0.2) is 43.0 Å². The predicted octanol–water partition coefficient (Wildman–Crippen LogP) is 6.49. The molecule has 1 aromatic rings. The molecule has 0 spiro atoms. The third-order valence-electron chi connectivity index (χ3n) is 5.84. The number of rotatable bonds is 3. The maximum Gasteiger partial charge on any atom is -0.0138 e.